The Morgan fingerprint density at radius 3 is 2.25 bits per heavy atom. The van der Waals surface area contributed by atoms with Crippen LogP contribution in [-0.4, -0.2) is 5.54 Å². The molecule has 2 heteroatoms. The highest BCUT2D eigenvalue weighted by molar-refractivity contribution is 4.77. The van der Waals surface area contributed by atoms with Crippen molar-refractivity contribution in [3.63, 3.8) is 0 Å². The predicted molar refractivity (Wildman–Crippen MR) is 36.2 cm³/mol. The van der Waals surface area contributed by atoms with E-state index >= 15 is 0 Å². The summed E-state index contributed by atoms with van der Waals surface area (Å²) in [4.78, 5) is 0. The van der Waals surface area contributed by atoms with Gasteiger partial charge < -0.3 is 0 Å². The number of nitrogens with one attached hydrogen (secondary N) is 1. The van der Waals surface area contributed by atoms with Gasteiger partial charge in [-0.2, -0.15) is 0 Å². The number of hydrazine groups is 1. The van der Waals surface area contributed by atoms with Gasteiger partial charge >= 0.3 is 0 Å². The van der Waals surface area contributed by atoms with Crippen LogP contribution in [0.1, 0.15) is 35.8 Å². The molecule has 0 saturated heterocycles. The Bertz CT molecular complexity index is 179. The van der Waals surface area contributed by atoms with Gasteiger partial charge in [-0.15, -0.1) is 0 Å². The van der Waals surface area contributed by atoms with Crippen molar-refractivity contribution in [2.45, 2.75) is 33.1 Å². The minimum Gasteiger partial charge on any atom is -0.271 e. The third kappa shape index (κ3) is 1.80. The third-order valence-corrected chi connectivity index (χ3v) is 1.09. The van der Waals surface area contributed by atoms with Gasteiger partial charge in [0.2, 0.25) is 0 Å². The molecule has 0 unspecified atom stereocenters. The summed E-state index contributed by atoms with van der Waals surface area (Å²) < 4.78 is 43.1. The van der Waals surface area contributed by atoms with Crippen LogP contribution in [0.25, 0.3) is 0 Å². The van der Waals surface area contributed by atoms with E-state index in [1.165, 1.54) is 13.8 Å². The molecular formula is C6H16N2. The van der Waals surface area contributed by atoms with Crippen LogP contribution in [0.2, 0.25) is 0 Å². The predicted octanol–water partition coefficient (Wildman–Crippen LogP) is 0.884. The molecule has 0 fully saturated rings. The largest absolute Gasteiger partial charge is 0.271 e. The zero-order chi connectivity index (χ0) is 11.8. The minimum absolute atomic E-state index is 1.17. The molecule has 50 valence electrons. The SMILES string of the molecule is [2H]C([2H])([2H])C(C([2H])([2H])[2H])C(C)(C)NN. The van der Waals surface area contributed by atoms with Gasteiger partial charge in [-0.1, -0.05) is 13.7 Å². The van der Waals surface area contributed by atoms with Crippen molar-refractivity contribution >= 4 is 0 Å². The molecule has 8 heavy (non-hydrogen) atoms. The maximum absolute atomic E-state index is 7.18. The molecule has 0 aromatic heterocycles. The Morgan fingerprint density at radius 2 is 2.12 bits per heavy atom. The fourth-order valence-electron chi connectivity index (χ4n) is 0.0833. The lowest BCUT2D eigenvalue weighted by molar-refractivity contribution is 0.292. The van der Waals surface area contributed by atoms with Crippen LogP contribution >= 0.6 is 0 Å². The van der Waals surface area contributed by atoms with E-state index < -0.39 is 25.2 Å². The van der Waals surface area contributed by atoms with Gasteiger partial charge in [-0.05, 0) is 19.8 Å². The van der Waals surface area contributed by atoms with Crippen molar-refractivity contribution in [1.82, 2.24) is 5.43 Å². The first-order chi connectivity index (χ1) is 5.93. The first-order valence-electron chi connectivity index (χ1n) is 5.40. The average Bonchev–Trinajstić information content (AvgIpc) is 1.79. The van der Waals surface area contributed by atoms with E-state index in [1.54, 1.807) is 0 Å². The van der Waals surface area contributed by atoms with E-state index in [4.69, 9.17) is 14.1 Å². The number of hydrogen-bond acceptors (Lipinski definition) is 2. The summed E-state index contributed by atoms with van der Waals surface area (Å²) in [6, 6.07) is 0. The molecule has 0 aromatic carbocycles. The standard InChI is InChI=1S/C6H16N2/c1-5(2)6(3,4)8-7/h5,8H,7H2,1-4H3/i1D3,2D3. The molecule has 0 rings (SSSR count). The van der Waals surface area contributed by atoms with Crippen molar-refractivity contribution in [3.05, 3.63) is 0 Å². The van der Waals surface area contributed by atoms with Crippen molar-refractivity contribution in [2.75, 3.05) is 0 Å². The second-order valence-electron chi connectivity index (χ2n) is 2.30. The second kappa shape index (κ2) is 2.46. The molecule has 0 heterocycles. The zero-order valence-electron chi connectivity index (χ0n) is 11.2. The van der Waals surface area contributed by atoms with Gasteiger partial charge in [0, 0.05) is 13.8 Å². The molecule has 0 saturated carbocycles. The molecule has 2 nitrogen and oxygen atoms in total. The van der Waals surface area contributed by atoms with E-state index in [0.717, 1.165) is 0 Å². The molecule has 0 amide bonds. The molecule has 0 aliphatic heterocycles. The summed E-state index contributed by atoms with van der Waals surface area (Å²) in [6.07, 6.45) is 0. The van der Waals surface area contributed by atoms with Gasteiger partial charge in [0.05, 0.1) is 0 Å². The van der Waals surface area contributed by atoms with Crippen LogP contribution in [0.4, 0.5) is 0 Å². The highest BCUT2D eigenvalue weighted by Crippen LogP contribution is 2.12. The number of rotatable bonds is 2. The summed E-state index contributed by atoms with van der Waals surface area (Å²) in [5.41, 5.74) is 1.06. The molecule has 0 atom stereocenters. The average molecular weight is 122 g/mol. The van der Waals surface area contributed by atoms with Gasteiger partial charge in [-0.25, -0.2) is 0 Å². The topological polar surface area (TPSA) is 38.0 Å². The zero-order valence-corrected chi connectivity index (χ0v) is 5.15. The Balaban J connectivity index is 5.14. The first kappa shape index (κ1) is 2.27. The molecule has 0 aliphatic carbocycles. The lowest BCUT2D eigenvalue weighted by Crippen LogP contribution is -2.48. The van der Waals surface area contributed by atoms with Crippen molar-refractivity contribution in [1.29, 1.82) is 0 Å². The smallest absolute Gasteiger partial charge is 0.0288 e. The van der Waals surface area contributed by atoms with E-state index in [2.05, 4.69) is 5.43 Å². The number of nitrogens with two attached hydrogens (primary N) is 1. The van der Waals surface area contributed by atoms with E-state index in [9.17, 15) is 0 Å². The van der Waals surface area contributed by atoms with Crippen LogP contribution < -0.4 is 11.3 Å². The third-order valence-electron chi connectivity index (χ3n) is 1.09. The first-order valence-corrected chi connectivity index (χ1v) is 2.40. The van der Waals surface area contributed by atoms with Gasteiger partial charge in [0.15, 0.2) is 0 Å². The molecule has 0 aromatic rings. The molecule has 0 radical (unpaired) electrons. The van der Waals surface area contributed by atoms with E-state index in [-0.39, 0.29) is 0 Å². The lowest BCUT2D eigenvalue weighted by Gasteiger charge is -2.27. The Morgan fingerprint density at radius 1 is 1.62 bits per heavy atom. The maximum atomic E-state index is 7.18. The Kier molecular flexibility index (Phi) is 0.700. The maximum Gasteiger partial charge on any atom is 0.0288 e. The highest BCUT2D eigenvalue weighted by atomic mass is 15.3. The summed E-state index contributed by atoms with van der Waals surface area (Å²) in [6.45, 7) is -2.23. The molecule has 0 bridgehead atoms. The minimum atomic E-state index is -2.57. The molecule has 0 spiro atoms. The highest BCUT2D eigenvalue weighted by Gasteiger charge is 2.18. The Labute approximate surface area is 59.9 Å². The fraction of sp³-hybridized carbons (Fsp3) is 1.00. The van der Waals surface area contributed by atoms with Gasteiger partial charge in [0.25, 0.3) is 0 Å². The number of hydrogen-bond donors (Lipinski definition) is 2. The normalized spacial score (nSPS) is 27.0. The van der Waals surface area contributed by atoms with Crippen molar-refractivity contribution in [2.24, 2.45) is 11.8 Å². The summed E-state index contributed by atoms with van der Waals surface area (Å²) in [5.74, 6) is 3.66. The Hall–Kier alpha value is -0.0800. The molecular weight excluding hydrogens is 100 g/mol. The van der Waals surface area contributed by atoms with Crippen LogP contribution in [0.3, 0.4) is 0 Å². The second-order valence-corrected chi connectivity index (χ2v) is 2.30. The molecule has 0 aliphatic rings. The van der Waals surface area contributed by atoms with Crippen LogP contribution in [0, 0.1) is 5.92 Å². The summed E-state index contributed by atoms with van der Waals surface area (Å²) in [5, 5.41) is 0. The summed E-state index contributed by atoms with van der Waals surface area (Å²) in [7, 11) is 0. The van der Waals surface area contributed by atoms with Crippen LogP contribution in [0.5, 0.6) is 0 Å². The fourth-order valence-corrected chi connectivity index (χ4v) is 0.0833. The van der Waals surface area contributed by atoms with Crippen LogP contribution in [0.15, 0.2) is 0 Å². The van der Waals surface area contributed by atoms with Crippen molar-refractivity contribution in [3.8, 4) is 0 Å². The summed E-state index contributed by atoms with van der Waals surface area (Å²) >= 11 is 0. The van der Waals surface area contributed by atoms with E-state index in [1.807, 2.05) is 0 Å². The van der Waals surface area contributed by atoms with Crippen LogP contribution in [-0.2, 0) is 0 Å². The quantitative estimate of drug-likeness (QED) is 0.421. The molecule has 3 N–H and O–H groups in total. The lowest BCUT2D eigenvalue weighted by atomic mass is 9.92. The van der Waals surface area contributed by atoms with Crippen molar-refractivity contribution < 1.29 is 8.22 Å². The van der Waals surface area contributed by atoms with Gasteiger partial charge in [0.1, 0.15) is 0 Å². The van der Waals surface area contributed by atoms with Gasteiger partial charge in [-0.3, -0.25) is 11.3 Å². The van der Waals surface area contributed by atoms with E-state index in [0.29, 0.717) is 0 Å². The monoisotopic (exact) mass is 122 g/mol.